The van der Waals surface area contributed by atoms with Crippen molar-refractivity contribution in [2.75, 3.05) is 10.2 Å². The molecule has 2 aromatic rings. The Morgan fingerprint density at radius 1 is 1.15 bits per heavy atom. The van der Waals surface area contributed by atoms with Crippen molar-refractivity contribution in [1.29, 1.82) is 0 Å². The van der Waals surface area contributed by atoms with Gasteiger partial charge in [0.2, 0.25) is 5.91 Å². The number of benzene rings is 2. The maximum atomic E-state index is 11.5. The number of amides is 1. The largest absolute Gasteiger partial charge is 0.481 e. The first-order valence-corrected chi connectivity index (χ1v) is 8.74. The number of nitrogens with one attached hydrogen (secondary N) is 1. The van der Waals surface area contributed by atoms with Gasteiger partial charge in [-0.3, -0.25) is 9.59 Å². The summed E-state index contributed by atoms with van der Waals surface area (Å²) in [7, 11) is 0. The molecule has 0 fully saturated rings. The molecule has 0 radical (unpaired) electrons. The Hall–Kier alpha value is -2.82. The van der Waals surface area contributed by atoms with E-state index in [1.165, 1.54) is 12.5 Å². The highest BCUT2D eigenvalue weighted by Crippen LogP contribution is 2.50. The molecule has 1 atom stereocenters. The third-order valence-electron chi connectivity index (χ3n) is 5.12. The summed E-state index contributed by atoms with van der Waals surface area (Å²) >= 11 is 0. The van der Waals surface area contributed by atoms with Crippen molar-refractivity contribution >= 4 is 23.3 Å². The minimum absolute atomic E-state index is 0.0504. The quantitative estimate of drug-likeness (QED) is 0.853. The lowest BCUT2D eigenvalue weighted by atomic mass is 9.82. The molecule has 0 aromatic heterocycles. The van der Waals surface area contributed by atoms with Crippen molar-refractivity contribution in [3.63, 3.8) is 0 Å². The average molecular weight is 352 g/mol. The van der Waals surface area contributed by atoms with Crippen LogP contribution in [0.3, 0.4) is 0 Å². The van der Waals surface area contributed by atoms with Gasteiger partial charge in [0.25, 0.3) is 0 Å². The summed E-state index contributed by atoms with van der Waals surface area (Å²) < 4.78 is 0. The van der Waals surface area contributed by atoms with Gasteiger partial charge in [-0.25, -0.2) is 0 Å². The van der Waals surface area contributed by atoms with Crippen molar-refractivity contribution in [3.8, 4) is 0 Å². The molecule has 1 unspecified atom stereocenters. The molecule has 1 heterocycles. The summed E-state index contributed by atoms with van der Waals surface area (Å²) in [5, 5.41) is 12.2. The van der Waals surface area contributed by atoms with E-state index in [1.807, 2.05) is 36.4 Å². The zero-order chi connectivity index (χ0) is 18.9. The number of carboxylic acid groups (broad SMARTS) is 1. The first kappa shape index (κ1) is 18.0. The molecule has 2 aromatic carbocycles. The molecule has 0 aliphatic carbocycles. The van der Waals surface area contributed by atoms with Gasteiger partial charge in [0.1, 0.15) is 0 Å². The molecule has 5 nitrogen and oxygen atoms in total. The van der Waals surface area contributed by atoms with Crippen LogP contribution in [0, 0.1) is 0 Å². The van der Waals surface area contributed by atoms with E-state index in [0.717, 1.165) is 11.3 Å². The van der Waals surface area contributed by atoms with Crippen LogP contribution in [0.25, 0.3) is 0 Å². The number of rotatable bonds is 5. The van der Waals surface area contributed by atoms with Gasteiger partial charge in [0.15, 0.2) is 0 Å². The van der Waals surface area contributed by atoms with E-state index >= 15 is 0 Å². The van der Waals surface area contributed by atoms with Gasteiger partial charge in [-0.15, -0.1) is 0 Å². The van der Waals surface area contributed by atoms with Crippen LogP contribution >= 0.6 is 0 Å². The number of nitrogens with zero attached hydrogens (tertiary/aromatic N) is 1. The van der Waals surface area contributed by atoms with Gasteiger partial charge in [-0.1, -0.05) is 30.3 Å². The Kier molecular flexibility index (Phi) is 4.72. The van der Waals surface area contributed by atoms with Crippen LogP contribution in [0.1, 0.15) is 44.2 Å². The maximum Gasteiger partial charge on any atom is 0.304 e. The van der Waals surface area contributed by atoms with Gasteiger partial charge in [0, 0.05) is 36.3 Å². The highest BCUT2D eigenvalue weighted by Gasteiger charge is 2.45. The lowest BCUT2D eigenvalue weighted by molar-refractivity contribution is -0.137. The second-order valence-electron chi connectivity index (χ2n) is 7.33. The summed E-state index contributed by atoms with van der Waals surface area (Å²) in [6.07, 6.45) is 0.0504. The van der Waals surface area contributed by atoms with Gasteiger partial charge < -0.3 is 15.3 Å². The average Bonchev–Trinajstić information content (AvgIpc) is 2.76. The Labute approximate surface area is 153 Å². The first-order valence-electron chi connectivity index (χ1n) is 8.74. The first-order chi connectivity index (χ1) is 12.3. The van der Waals surface area contributed by atoms with Crippen LogP contribution in [0.4, 0.5) is 11.4 Å². The van der Waals surface area contributed by atoms with Crippen LogP contribution in [-0.4, -0.2) is 22.5 Å². The van der Waals surface area contributed by atoms with E-state index in [1.54, 1.807) is 0 Å². The fraction of sp³-hybridized carbons (Fsp3) is 0.333. The number of carbonyl (C=O) groups is 2. The molecule has 0 spiro atoms. The Balaban J connectivity index is 2.04. The smallest absolute Gasteiger partial charge is 0.304 e. The topological polar surface area (TPSA) is 69.6 Å². The van der Waals surface area contributed by atoms with Crippen LogP contribution in [0.5, 0.6) is 0 Å². The summed E-state index contributed by atoms with van der Waals surface area (Å²) in [4.78, 5) is 25.1. The molecule has 1 aliphatic rings. The Morgan fingerprint density at radius 3 is 2.46 bits per heavy atom. The Morgan fingerprint density at radius 2 is 1.85 bits per heavy atom. The number of anilines is 2. The zero-order valence-corrected chi connectivity index (χ0v) is 15.3. The molecule has 0 saturated carbocycles. The highest BCUT2D eigenvalue weighted by molar-refractivity contribution is 5.89. The SMILES string of the molecule is CC(=O)Nc1ccc2c(c1)C(CC(=O)O)C(C)(C)N2Cc1ccccc1. The lowest BCUT2D eigenvalue weighted by Gasteiger charge is -2.38. The van der Waals surface area contributed by atoms with Crippen LogP contribution in [0.15, 0.2) is 48.5 Å². The standard InChI is InChI=1S/C21H24N2O3/c1-14(24)22-16-9-10-19-17(11-16)18(12-20(25)26)21(2,3)23(19)13-15-7-5-4-6-8-15/h4-11,18H,12-13H2,1-3H3,(H,22,24)(H,25,26). The number of hydrogen-bond acceptors (Lipinski definition) is 3. The van der Waals surface area contributed by atoms with Crippen molar-refractivity contribution in [3.05, 3.63) is 59.7 Å². The van der Waals surface area contributed by atoms with Crippen LogP contribution < -0.4 is 10.2 Å². The van der Waals surface area contributed by atoms with E-state index in [4.69, 9.17) is 0 Å². The molecule has 3 rings (SSSR count). The van der Waals surface area contributed by atoms with Gasteiger partial charge in [-0.2, -0.15) is 0 Å². The molecule has 136 valence electrons. The van der Waals surface area contributed by atoms with E-state index in [2.05, 4.69) is 36.2 Å². The Bertz CT molecular complexity index is 830. The predicted octanol–water partition coefficient (Wildman–Crippen LogP) is 4.00. The molecular formula is C21H24N2O3. The molecule has 1 amide bonds. The molecular weight excluding hydrogens is 328 g/mol. The summed E-state index contributed by atoms with van der Waals surface area (Å²) in [6, 6.07) is 15.9. The van der Waals surface area contributed by atoms with Gasteiger partial charge in [0.05, 0.1) is 6.42 Å². The summed E-state index contributed by atoms with van der Waals surface area (Å²) in [5.74, 6) is -1.12. The number of carboxylic acids is 1. The summed E-state index contributed by atoms with van der Waals surface area (Å²) in [5.41, 5.74) is 3.52. The normalized spacial score (nSPS) is 17.7. The third kappa shape index (κ3) is 3.43. The number of fused-ring (bicyclic) bond motifs is 1. The number of hydrogen-bond donors (Lipinski definition) is 2. The fourth-order valence-corrected chi connectivity index (χ4v) is 3.83. The monoisotopic (exact) mass is 352 g/mol. The minimum Gasteiger partial charge on any atom is -0.481 e. The fourth-order valence-electron chi connectivity index (χ4n) is 3.83. The van der Waals surface area contributed by atoms with E-state index in [9.17, 15) is 14.7 Å². The van der Waals surface area contributed by atoms with Crippen molar-refractivity contribution in [2.45, 2.75) is 45.2 Å². The highest BCUT2D eigenvalue weighted by atomic mass is 16.4. The second kappa shape index (κ2) is 6.83. The molecule has 2 N–H and O–H groups in total. The molecule has 1 aliphatic heterocycles. The molecule has 0 saturated heterocycles. The van der Waals surface area contributed by atoms with Crippen molar-refractivity contribution in [1.82, 2.24) is 0 Å². The number of aliphatic carboxylic acids is 1. The molecule has 26 heavy (non-hydrogen) atoms. The summed E-state index contributed by atoms with van der Waals surface area (Å²) in [6.45, 7) is 6.34. The minimum atomic E-state index is -0.819. The van der Waals surface area contributed by atoms with Crippen LogP contribution in [-0.2, 0) is 16.1 Å². The van der Waals surface area contributed by atoms with Crippen LogP contribution in [0.2, 0.25) is 0 Å². The predicted molar refractivity (Wildman–Crippen MR) is 102 cm³/mol. The number of carbonyl (C=O) groups excluding carboxylic acids is 1. The van der Waals surface area contributed by atoms with Crippen molar-refractivity contribution in [2.24, 2.45) is 0 Å². The van der Waals surface area contributed by atoms with Gasteiger partial charge >= 0.3 is 5.97 Å². The zero-order valence-electron chi connectivity index (χ0n) is 15.3. The van der Waals surface area contributed by atoms with E-state index < -0.39 is 5.97 Å². The maximum absolute atomic E-state index is 11.5. The van der Waals surface area contributed by atoms with Crippen molar-refractivity contribution < 1.29 is 14.7 Å². The third-order valence-corrected chi connectivity index (χ3v) is 5.12. The second-order valence-corrected chi connectivity index (χ2v) is 7.33. The molecule has 0 bridgehead atoms. The van der Waals surface area contributed by atoms with E-state index in [0.29, 0.717) is 12.2 Å². The van der Waals surface area contributed by atoms with Gasteiger partial charge in [-0.05, 0) is 43.2 Å². The lowest BCUT2D eigenvalue weighted by Crippen LogP contribution is -2.43. The van der Waals surface area contributed by atoms with E-state index in [-0.39, 0.29) is 23.8 Å². The molecule has 5 heteroatoms.